The number of hydroxylamine groups is 1. The van der Waals surface area contributed by atoms with E-state index in [2.05, 4.69) is 9.57 Å². The molecule has 12 heavy (non-hydrogen) atoms. The van der Waals surface area contributed by atoms with E-state index in [0.29, 0.717) is 6.61 Å². The molecule has 0 bridgehead atoms. The van der Waals surface area contributed by atoms with E-state index in [9.17, 15) is 4.79 Å². The predicted molar refractivity (Wildman–Crippen MR) is 42.1 cm³/mol. The van der Waals surface area contributed by atoms with Crippen molar-refractivity contribution in [3.63, 3.8) is 0 Å². The van der Waals surface area contributed by atoms with Gasteiger partial charge >= 0.3 is 11.9 Å². The van der Waals surface area contributed by atoms with E-state index >= 15 is 0 Å². The maximum atomic E-state index is 10.8. The van der Waals surface area contributed by atoms with Gasteiger partial charge in [-0.3, -0.25) is 9.63 Å². The first kappa shape index (κ1) is 10.7. The Morgan fingerprint density at radius 1 is 1.58 bits per heavy atom. The van der Waals surface area contributed by atoms with E-state index in [4.69, 9.17) is 5.11 Å². The molecule has 0 aromatic rings. The summed E-state index contributed by atoms with van der Waals surface area (Å²) in [6, 6.07) is 0. The van der Waals surface area contributed by atoms with E-state index in [-0.39, 0.29) is 12.3 Å². The molecule has 0 aliphatic carbocycles. The first-order valence-corrected chi connectivity index (χ1v) is 3.60. The lowest BCUT2D eigenvalue weighted by molar-refractivity contribution is -0.765. The number of carbonyl (C=O) groups is 1. The summed E-state index contributed by atoms with van der Waals surface area (Å²) in [6.45, 7) is 2.01. The molecule has 0 unspecified atom stereocenters. The Hall–Kier alpha value is -1.26. The molecule has 5 nitrogen and oxygen atoms in total. The molecule has 0 saturated heterocycles. The number of nitrogens with zero attached hydrogens (tertiary/aromatic N) is 1. The van der Waals surface area contributed by atoms with Crippen molar-refractivity contribution in [2.45, 2.75) is 13.3 Å². The summed E-state index contributed by atoms with van der Waals surface area (Å²) in [4.78, 5) is 15.4. The SMILES string of the molecule is CCOC(=O)C/C(O)=[N+](/C)OC. The molecule has 1 N–H and O–H groups in total. The summed E-state index contributed by atoms with van der Waals surface area (Å²) in [7, 11) is 2.88. The van der Waals surface area contributed by atoms with Crippen LogP contribution < -0.4 is 0 Å². The Bertz CT molecular complexity index is 188. The van der Waals surface area contributed by atoms with Gasteiger partial charge in [0, 0.05) is 4.74 Å². The first-order valence-electron chi connectivity index (χ1n) is 3.60. The highest BCUT2D eigenvalue weighted by Gasteiger charge is 2.15. The third-order valence-corrected chi connectivity index (χ3v) is 1.25. The largest absolute Gasteiger partial charge is 0.465 e. The second-order valence-electron chi connectivity index (χ2n) is 2.08. The molecule has 70 valence electrons. The van der Waals surface area contributed by atoms with Crippen LogP contribution in [0.2, 0.25) is 0 Å². The van der Waals surface area contributed by atoms with Crippen molar-refractivity contribution >= 4 is 11.9 Å². The summed E-state index contributed by atoms with van der Waals surface area (Å²) in [5.41, 5.74) is 0. The van der Waals surface area contributed by atoms with Gasteiger partial charge in [0.2, 0.25) is 0 Å². The topological polar surface area (TPSA) is 58.8 Å². The van der Waals surface area contributed by atoms with Gasteiger partial charge in [-0.15, -0.1) is 0 Å². The van der Waals surface area contributed by atoms with Crippen LogP contribution >= 0.6 is 0 Å². The highest BCUT2D eigenvalue weighted by Crippen LogP contribution is 1.88. The van der Waals surface area contributed by atoms with Crippen LogP contribution in [0.4, 0.5) is 0 Å². The Morgan fingerprint density at radius 3 is 2.58 bits per heavy atom. The molecule has 5 heteroatoms. The van der Waals surface area contributed by atoms with Crippen LogP contribution in [0.25, 0.3) is 0 Å². The molecule has 0 rings (SSSR count). The standard InChI is InChI=1S/C7H13NO4/c1-4-12-7(10)5-6(9)8(2)11-3/h4-5H2,1-3H3/p+1. The average Bonchev–Trinajstić information content (AvgIpc) is 2.03. The van der Waals surface area contributed by atoms with Crippen molar-refractivity contribution in [1.82, 2.24) is 0 Å². The minimum absolute atomic E-state index is 0.168. The Balaban J connectivity index is 3.99. The van der Waals surface area contributed by atoms with Crippen LogP contribution in [0.15, 0.2) is 0 Å². The zero-order valence-corrected chi connectivity index (χ0v) is 7.53. The molecule has 0 aromatic carbocycles. The monoisotopic (exact) mass is 176 g/mol. The molecular formula is C7H14NO4+. The van der Waals surface area contributed by atoms with Gasteiger partial charge in [0.15, 0.2) is 13.5 Å². The van der Waals surface area contributed by atoms with E-state index in [0.717, 1.165) is 4.74 Å². The Kier molecular flexibility index (Phi) is 4.83. The number of ether oxygens (including phenoxy) is 1. The molecule has 0 radical (unpaired) electrons. The van der Waals surface area contributed by atoms with E-state index < -0.39 is 5.97 Å². The zero-order valence-electron chi connectivity index (χ0n) is 7.53. The molecule has 0 spiro atoms. The number of hydrogen-bond acceptors (Lipinski definition) is 3. The molecule has 0 aliphatic heterocycles. The lowest BCUT2D eigenvalue weighted by atomic mass is 10.4. The molecule has 0 aliphatic rings. The van der Waals surface area contributed by atoms with Crippen molar-refractivity contribution < 1.29 is 24.2 Å². The van der Waals surface area contributed by atoms with Gasteiger partial charge in [-0.05, 0) is 6.92 Å². The summed E-state index contributed by atoms with van der Waals surface area (Å²) in [5, 5.41) is 9.13. The second-order valence-corrected chi connectivity index (χ2v) is 2.08. The number of aliphatic hydroxyl groups excluding tert-OH is 1. The molecular weight excluding hydrogens is 162 g/mol. The first-order chi connectivity index (χ1) is 5.61. The van der Waals surface area contributed by atoms with Crippen LogP contribution in [-0.2, 0) is 14.4 Å². The van der Waals surface area contributed by atoms with Gasteiger partial charge in [0.1, 0.15) is 7.11 Å². The van der Waals surface area contributed by atoms with Crippen LogP contribution in [-0.4, -0.2) is 42.5 Å². The van der Waals surface area contributed by atoms with Crippen molar-refractivity contribution in [2.24, 2.45) is 0 Å². The van der Waals surface area contributed by atoms with Gasteiger partial charge in [-0.1, -0.05) is 0 Å². The predicted octanol–water partition coefficient (Wildman–Crippen LogP) is 0.0998. The molecule has 0 saturated carbocycles. The van der Waals surface area contributed by atoms with Crippen molar-refractivity contribution in [3.8, 4) is 0 Å². The maximum absolute atomic E-state index is 10.8. The molecule has 0 atom stereocenters. The Morgan fingerprint density at radius 2 is 2.17 bits per heavy atom. The summed E-state index contributed by atoms with van der Waals surface area (Å²) < 4.78 is 5.70. The number of rotatable bonds is 4. The fourth-order valence-electron chi connectivity index (χ4n) is 0.558. The van der Waals surface area contributed by atoms with Crippen LogP contribution in [0.5, 0.6) is 0 Å². The van der Waals surface area contributed by atoms with E-state index in [1.54, 1.807) is 6.92 Å². The smallest absolute Gasteiger partial charge is 0.393 e. The molecule has 0 aromatic heterocycles. The van der Waals surface area contributed by atoms with Crippen molar-refractivity contribution in [1.29, 1.82) is 0 Å². The average molecular weight is 176 g/mol. The molecule has 0 amide bonds. The van der Waals surface area contributed by atoms with Crippen LogP contribution in [0.1, 0.15) is 13.3 Å². The number of aliphatic hydroxyl groups is 1. The van der Waals surface area contributed by atoms with Gasteiger partial charge in [-0.25, -0.2) is 0 Å². The number of hydrogen-bond donors (Lipinski definition) is 1. The summed E-state index contributed by atoms with van der Waals surface area (Å²) >= 11 is 0. The van der Waals surface area contributed by atoms with Gasteiger partial charge in [0.05, 0.1) is 6.61 Å². The normalized spacial score (nSPS) is 11.9. The van der Waals surface area contributed by atoms with Gasteiger partial charge in [-0.2, -0.15) is 0 Å². The van der Waals surface area contributed by atoms with E-state index in [1.165, 1.54) is 14.2 Å². The van der Waals surface area contributed by atoms with Crippen LogP contribution in [0.3, 0.4) is 0 Å². The summed E-state index contributed by atoms with van der Waals surface area (Å²) in [6.07, 6.45) is -0.168. The highest BCUT2D eigenvalue weighted by molar-refractivity contribution is 5.90. The minimum Gasteiger partial charge on any atom is -0.465 e. The minimum atomic E-state index is -0.473. The third-order valence-electron chi connectivity index (χ3n) is 1.25. The van der Waals surface area contributed by atoms with Gasteiger partial charge in [0.25, 0.3) is 0 Å². The van der Waals surface area contributed by atoms with Gasteiger partial charge < -0.3 is 9.84 Å². The summed E-state index contributed by atoms with van der Waals surface area (Å²) in [5.74, 6) is -0.644. The van der Waals surface area contributed by atoms with Crippen molar-refractivity contribution in [3.05, 3.63) is 0 Å². The van der Waals surface area contributed by atoms with Crippen molar-refractivity contribution in [2.75, 3.05) is 20.8 Å². The molecule has 0 fully saturated rings. The van der Waals surface area contributed by atoms with Crippen LogP contribution in [0, 0.1) is 0 Å². The fourth-order valence-corrected chi connectivity index (χ4v) is 0.558. The third kappa shape index (κ3) is 3.80. The lowest BCUT2D eigenvalue weighted by Gasteiger charge is -1.98. The number of esters is 1. The Labute approximate surface area is 71.2 Å². The quantitative estimate of drug-likeness (QED) is 0.217. The fraction of sp³-hybridized carbons (Fsp3) is 0.714. The lowest BCUT2D eigenvalue weighted by Crippen LogP contribution is -2.20. The highest BCUT2D eigenvalue weighted by atomic mass is 16.7. The number of carbonyl (C=O) groups excluding carboxylic acids is 1. The van der Waals surface area contributed by atoms with E-state index in [1.807, 2.05) is 0 Å². The zero-order chi connectivity index (χ0) is 9.56. The maximum Gasteiger partial charge on any atom is 0.393 e. The second kappa shape index (κ2) is 5.40. The molecule has 0 heterocycles.